The van der Waals surface area contributed by atoms with Crippen molar-refractivity contribution in [2.75, 3.05) is 39.5 Å². The molecule has 10 nitrogen and oxygen atoms in total. The first-order valence-corrected chi connectivity index (χ1v) is 14.0. The zero-order valence-electron chi connectivity index (χ0n) is 22.9. The molecule has 1 fully saturated rings. The number of likely N-dealkylation sites (tertiary alicyclic amines) is 1. The summed E-state index contributed by atoms with van der Waals surface area (Å²) in [6, 6.07) is 12.7. The number of carboxylic acid groups (broad SMARTS) is 1. The second-order valence-electron chi connectivity index (χ2n) is 10.6. The fraction of sp³-hybridized carbons (Fsp3) is 0.467. The highest BCUT2D eigenvalue weighted by Gasteiger charge is 2.47. The van der Waals surface area contributed by atoms with Gasteiger partial charge >= 0.3 is 5.97 Å². The Morgan fingerprint density at radius 3 is 2.67 bits per heavy atom. The monoisotopic (exact) mass is 550 g/mol. The summed E-state index contributed by atoms with van der Waals surface area (Å²) in [5.41, 5.74) is 6.65. The number of carboxylic acids is 1. The lowest BCUT2D eigenvalue weighted by atomic mass is 9.84. The molecule has 0 bridgehead atoms. The first kappa shape index (κ1) is 27.8. The Bertz CT molecular complexity index is 1360. The van der Waals surface area contributed by atoms with E-state index in [1.807, 2.05) is 53.6 Å². The highest BCUT2D eigenvalue weighted by molar-refractivity contribution is 5.87. The van der Waals surface area contributed by atoms with Crippen LogP contribution < -0.4 is 15.2 Å². The summed E-state index contributed by atoms with van der Waals surface area (Å²) < 4.78 is 12.8. The lowest BCUT2D eigenvalue weighted by molar-refractivity contribution is -0.144. The van der Waals surface area contributed by atoms with Gasteiger partial charge in [0.25, 0.3) is 0 Å². The molecular formula is C30H38N4O6. The van der Waals surface area contributed by atoms with E-state index in [-0.39, 0.29) is 31.0 Å². The molecule has 0 spiro atoms. The summed E-state index contributed by atoms with van der Waals surface area (Å²) in [6.07, 6.45) is 4.18. The van der Waals surface area contributed by atoms with Gasteiger partial charge in [-0.1, -0.05) is 37.6 Å². The normalized spacial score (nSPS) is 20.3. The minimum absolute atomic E-state index is 0.0473. The number of aromatic hydroxyl groups is 1. The van der Waals surface area contributed by atoms with Gasteiger partial charge in [-0.25, -0.2) is 0 Å². The number of benzene rings is 2. The topological polar surface area (TPSA) is 130 Å². The third-order valence-corrected chi connectivity index (χ3v) is 8.16. The Hall–Kier alpha value is -3.76. The molecule has 0 aliphatic carbocycles. The molecular weight excluding hydrogens is 512 g/mol. The number of hydrogen-bond acceptors (Lipinski definition) is 7. The first-order chi connectivity index (χ1) is 19.4. The zero-order valence-corrected chi connectivity index (χ0v) is 22.9. The second-order valence-corrected chi connectivity index (χ2v) is 10.6. The highest BCUT2D eigenvalue weighted by Crippen LogP contribution is 2.43. The highest BCUT2D eigenvalue weighted by atomic mass is 16.7. The largest absolute Gasteiger partial charge is 0.494 e. The maximum atomic E-state index is 13.5. The average molecular weight is 551 g/mol. The van der Waals surface area contributed by atoms with Crippen molar-refractivity contribution in [3.63, 3.8) is 0 Å². The molecule has 3 heterocycles. The van der Waals surface area contributed by atoms with E-state index in [1.165, 1.54) is 0 Å². The summed E-state index contributed by atoms with van der Waals surface area (Å²) in [5.74, 6) is -0.655. The van der Waals surface area contributed by atoms with Gasteiger partial charge in [0.15, 0.2) is 17.4 Å². The van der Waals surface area contributed by atoms with E-state index in [2.05, 4.69) is 6.92 Å². The van der Waals surface area contributed by atoms with Crippen molar-refractivity contribution in [2.24, 2.45) is 11.7 Å². The number of aromatic nitrogens is 1. The number of nitrogens with zero attached hydrogens (tertiary/aromatic N) is 3. The first-order valence-electron chi connectivity index (χ1n) is 14.0. The van der Waals surface area contributed by atoms with Crippen molar-refractivity contribution in [3.8, 4) is 17.4 Å². The number of aryl methyl sites for hydroxylation is 1. The van der Waals surface area contributed by atoms with Crippen LogP contribution in [0, 0.1) is 5.92 Å². The number of rotatable bonds is 12. The number of carbonyl (C=O) groups excluding carboxylic acids is 1. The SMILES string of the molecule is CCCCN(CCN)C(=O)CN1C[C@H](c2ccc3c(c2)OCO3)[C@@H](C(=O)O)[C@@H]1CCn1cc2ccccc2c1O. The standard InChI is InChI=1S/C30H38N4O6/c1-2-3-12-32(14-11-31)27(35)18-34-17-23(20-8-9-25-26(15-20)40-19-39-25)28(30(37)38)24(34)10-13-33-16-21-6-4-5-7-22(21)29(33)36/h4-9,15-16,23-24,28,36H,2-3,10-14,17-19,31H2,1H3,(H,37,38)/t23-,24+,28-/m1/s1. The number of hydrogen-bond donors (Lipinski definition) is 3. The van der Waals surface area contributed by atoms with E-state index in [0.717, 1.165) is 29.2 Å². The molecule has 2 aliphatic rings. The Balaban J connectivity index is 1.43. The van der Waals surface area contributed by atoms with Crippen LogP contribution in [0.2, 0.25) is 0 Å². The maximum absolute atomic E-state index is 13.5. The average Bonchev–Trinajstić information content (AvgIpc) is 3.65. The van der Waals surface area contributed by atoms with Crippen LogP contribution in [0.5, 0.6) is 17.4 Å². The Morgan fingerprint density at radius 2 is 1.93 bits per heavy atom. The summed E-state index contributed by atoms with van der Waals surface area (Å²) in [6.45, 7) is 4.62. The van der Waals surface area contributed by atoms with E-state index in [0.29, 0.717) is 50.6 Å². The smallest absolute Gasteiger partial charge is 0.308 e. The van der Waals surface area contributed by atoms with Gasteiger partial charge in [-0.3, -0.25) is 14.5 Å². The maximum Gasteiger partial charge on any atom is 0.308 e. The zero-order chi connectivity index (χ0) is 28.2. The van der Waals surface area contributed by atoms with Gasteiger partial charge in [0, 0.05) is 61.7 Å². The van der Waals surface area contributed by atoms with Crippen molar-refractivity contribution in [2.45, 2.75) is 44.7 Å². The molecule has 0 unspecified atom stereocenters. The fourth-order valence-corrected chi connectivity index (χ4v) is 6.11. The molecule has 10 heteroatoms. The van der Waals surface area contributed by atoms with Gasteiger partial charge in [-0.15, -0.1) is 0 Å². The molecule has 1 amide bonds. The van der Waals surface area contributed by atoms with Crippen LogP contribution in [-0.2, 0) is 16.1 Å². The second kappa shape index (κ2) is 12.2. The van der Waals surface area contributed by atoms with Crippen molar-refractivity contribution in [1.82, 2.24) is 14.4 Å². The van der Waals surface area contributed by atoms with E-state index < -0.39 is 17.9 Å². The predicted molar refractivity (Wildman–Crippen MR) is 151 cm³/mol. The van der Waals surface area contributed by atoms with Crippen LogP contribution >= 0.6 is 0 Å². The third-order valence-electron chi connectivity index (χ3n) is 8.16. The van der Waals surface area contributed by atoms with Crippen LogP contribution in [0.4, 0.5) is 0 Å². The fourth-order valence-electron chi connectivity index (χ4n) is 6.11. The number of nitrogens with two attached hydrogens (primary N) is 1. The molecule has 0 radical (unpaired) electrons. The number of fused-ring (bicyclic) bond motifs is 2. The summed E-state index contributed by atoms with van der Waals surface area (Å²) >= 11 is 0. The Kier molecular flexibility index (Phi) is 8.46. The summed E-state index contributed by atoms with van der Waals surface area (Å²) in [5, 5.41) is 23.0. The Labute approximate surface area is 233 Å². The molecule has 3 aromatic rings. The van der Waals surface area contributed by atoms with Gasteiger partial charge < -0.3 is 34.9 Å². The molecule has 2 aliphatic heterocycles. The van der Waals surface area contributed by atoms with Gasteiger partial charge in [0.05, 0.1) is 12.5 Å². The molecule has 1 aromatic heterocycles. The van der Waals surface area contributed by atoms with Crippen molar-refractivity contribution in [1.29, 1.82) is 0 Å². The minimum Gasteiger partial charge on any atom is -0.494 e. The molecule has 1 saturated heterocycles. The lowest BCUT2D eigenvalue weighted by Gasteiger charge is -2.29. The molecule has 214 valence electrons. The number of unbranched alkanes of at least 4 members (excludes halogenated alkanes) is 1. The van der Waals surface area contributed by atoms with Crippen LogP contribution in [0.3, 0.4) is 0 Å². The number of amides is 1. The van der Waals surface area contributed by atoms with Crippen LogP contribution in [0.15, 0.2) is 48.7 Å². The van der Waals surface area contributed by atoms with Crippen molar-refractivity contribution in [3.05, 3.63) is 54.2 Å². The summed E-state index contributed by atoms with van der Waals surface area (Å²) in [4.78, 5) is 30.1. The third kappa shape index (κ3) is 5.59. The molecule has 40 heavy (non-hydrogen) atoms. The van der Waals surface area contributed by atoms with Gasteiger partial charge in [0.1, 0.15) is 0 Å². The number of aliphatic carboxylic acids is 1. The van der Waals surface area contributed by atoms with E-state index >= 15 is 0 Å². The molecule has 2 aromatic carbocycles. The van der Waals surface area contributed by atoms with Gasteiger partial charge in [-0.2, -0.15) is 0 Å². The predicted octanol–water partition coefficient (Wildman–Crippen LogP) is 3.22. The quantitative estimate of drug-likeness (QED) is 0.313. The molecule has 3 atom stereocenters. The van der Waals surface area contributed by atoms with Gasteiger partial charge in [0.2, 0.25) is 12.7 Å². The lowest BCUT2D eigenvalue weighted by Crippen LogP contribution is -2.46. The summed E-state index contributed by atoms with van der Waals surface area (Å²) in [7, 11) is 0. The minimum atomic E-state index is -0.908. The van der Waals surface area contributed by atoms with Crippen molar-refractivity contribution >= 4 is 22.6 Å². The number of carbonyl (C=O) groups is 2. The molecule has 5 rings (SSSR count). The van der Waals surface area contributed by atoms with E-state index in [1.54, 1.807) is 9.47 Å². The van der Waals surface area contributed by atoms with Crippen molar-refractivity contribution < 1.29 is 29.3 Å². The van der Waals surface area contributed by atoms with Crippen LogP contribution in [-0.4, -0.2) is 82.0 Å². The Morgan fingerprint density at radius 1 is 1.12 bits per heavy atom. The molecule has 4 N–H and O–H groups in total. The van der Waals surface area contributed by atoms with Gasteiger partial charge in [-0.05, 0) is 36.6 Å². The molecule has 0 saturated carbocycles. The van der Waals surface area contributed by atoms with Crippen LogP contribution in [0.25, 0.3) is 10.8 Å². The number of ether oxygens (including phenoxy) is 2. The van der Waals surface area contributed by atoms with E-state index in [9.17, 15) is 19.8 Å². The van der Waals surface area contributed by atoms with Crippen LogP contribution in [0.1, 0.15) is 37.7 Å². The van der Waals surface area contributed by atoms with E-state index in [4.69, 9.17) is 15.2 Å².